The van der Waals surface area contributed by atoms with Crippen molar-refractivity contribution in [2.45, 2.75) is 12.6 Å². The number of halogens is 3. The lowest BCUT2D eigenvalue weighted by molar-refractivity contribution is -0.137. The second-order valence-electron chi connectivity index (χ2n) is 5.75. The third-order valence-corrected chi connectivity index (χ3v) is 4.91. The molecule has 2 heterocycles. The van der Waals surface area contributed by atoms with Gasteiger partial charge in [-0.1, -0.05) is 0 Å². The van der Waals surface area contributed by atoms with Crippen LogP contribution in [0.15, 0.2) is 24.3 Å². The zero-order chi connectivity index (χ0) is 17.9. The molecule has 0 saturated carbocycles. The van der Waals surface area contributed by atoms with Gasteiger partial charge in [-0.3, -0.25) is 0 Å². The van der Waals surface area contributed by atoms with Crippen molar-refractivity contribution in [1.29, 1.82) is 0 Å². The highest BCUT2D eigenvalue weighted by molar-refractivity contribution is 7.09. The first-order chi connectivity index (χ1) is 12.0. The van der Waals surface area contributed by atoms with Crippen LogP contribution in [0.4, 0.5) is 24.0 Å². The van der Waals surface area contributed by atoms with Gasteiger partial charge in [0.05, 0.1) is 12.2 Å². The Morgan fingerprint density at radius 3 is 2.32 bits per heavy atom. The largest absolute Gasteiger partial charge is 0.416 e. The van der Waals surface area contributed by atoms with Crippen LogP contribution < -0.4 is 9.80 Å². The molecule has 0 unspecified atom stereocenters. The number of anilines is 2. The topological polar surface area (TPSA) is 41.5 Å². The molecule has 0 aliphatic carbocycles. The van der Waals surface area contributed by atoms with Gasteiger partial charge in [-0.25, -0.2) is 4.98 Å². The molecular formula is C16H19F3N4OS. The van der Waals surface area contributed by atoms with Crippen LogP contribution in [-0.4, -0.2) is 49.3 Å². The van der Waals surface area contributed by atoms with Crippen molar-refractivity contribution in [1.82, 2.24) is 9.36 Å². The quantitative estimate of drug-likeness (QED) is 0.807. The lowest BCUT2D eigenvalue weighted by atomic mass is 10.1. The number of rotatable bonds is 5. The molecule has 0 N–H and O–H groups in total. The summed E-state index contributed by atoms with van der Waals surface area (Å²) in [6, 6.07) is 5.33. The summed E-state index contributed by atoms with van der Waals surface area (Å²) in [7, 11) is 1.65. The van der Waals surface area contributed by atoms with Crippen LogP contribution in [0.1, 0.15) is 11.4 Å². The second-order valence-corrected chi connectivity index (χ2v) is 6.49. The van der Waals surface area contributed by atoms with Gasteiger partial charge in [0.25, 0.3) is 0 Å². The van der Waals surface area contributed by atoms with Gasteiger partial charge in [-0.05, 0) is 24.3 Å². The van der Waals surface area contributed by atoms with Crippen molar-refractivity contribution in [2.24, 2.45) is 0 Å². The molecule has 0 atom stereocenters. The standard InChI is InChI=1S/C16H19F3N4OS/c1-24-11-6-14-20-15(25-21-14)23-9-7-22(8-10-23)13-4-2-12(3-5-13)16(17,18)19/h2-5H,6-11H2,1H3. The first-order valence-corrected chi connectivity index (χ1v) is 8.73. The molecule has 1 aliphatic heterocycles. The third-order valence-electron chi connectivity index (χ3n) is 4.10. The van der Waals surface area contributed by atoms with Crippen molar-refractivity contribution in [3.05, 3.63) is 35.7 Å². The molecule has 136 valence electrons. The van der Waals surface area contributed by atoms with Crippen LogP contribution in [0.25, 0.3) is 0 Å². The Balaban J connectivity index is 1.57. The normalized spacial score (nSPS) is 15.7. The summed E-state index contributed by atoms with van der Waals surface area (Å²) in [5.74, 6) is 0.784. The van der Waals surface area contributed by atoms with Crippen LogP contribution in [0.3, 0.4) is 0 Å². The van der Waals surface area contributed by atoms with Crippen LogP contribution >= 0.6 is 11.5 Å². The molecule has 1 aromatic heterocycles. The van der Waals surface area contributed by atoms with Gasteiger partial charge >= 0.3 is 6.18 Å². The zero-order valence-corrected chi connectivity index (χ0v) is 14.6. The molecular weight excluding hydrogens is 353 g/mol. The van der Waals surface area contributed by atoms with E-state index in [1.54, 1.807) is 7.11 Å². The van der Waals surface area contributed by atoms with Gasteiger partial charge in [-0.15, -0.1) is 0 Å². The number of alkyl halides is 3. The molecule has 2 aromatic rings. The molecule has 1 fully saturated rings. The Labute approximate surface area is 148 Å². The van der Waals surface area contributed by atoms with Crippen LogP contribution in [-0.2, 0) is 17.3 Å². The number of piperazine rings is 1. The number of nitrogens with zero attached hydrogens (tertiary/aromatic N) is 4. The van der Waals surface area contributed by atoms with Crippen LogP contribution in [0.2, 0.25) is 0 Å². The lowest BCUT2D eigenvalue weighted by Gasteiger charge is -2.35. The maximum Gasteiger partial charge on any atom is 0.416 e. The van der Waals surface area contributed by atoms with Crippen molar-refractivity contribution < 1.29 is 17.9 Å². The first kappa shape index (κ1) is 17.9. The fourth-order valence-corrected chi connectivity index (χ4v) is 3.45. The predicted octanol–water partition coefficient (Wildman–Crippen LogP) is 3.07. The first-order valence-electron chi connectivity index (χ1n) is 7.96. The van der Waals surface area contributed by atoms with Gasteiger partial charge in [-0.2, -0.15) is 17.5 Å². The molecule has 5 nitrogen and oxygen atoms in total. The Bertz CT molecular complexity index is 681. The number of methoxy groups -OCH3 is 1. The van der Waals surface area contributed by atoms with Crippen molar-refractivity contribution in [3.8, 4) is 0 Å². The molecule has 1 aromatic carbocycles. The Hall–Kier alpha value is -1.87. The van der Waals surface area contributed by atoms with E-state index in [4.69, 9.17) is 4.74 Å². The molecule has 9 heteroatoms. The maximum atomic E-state index is 12.6. The summed E-state index contributed by atoms with van der Waals surface area (Å²) in [6.45, 7) is 3.59. The average molecular weight is 372 g/mol. The summed E-state index contributed by atoms with van der Waals surface area (Å²) in [4.78, 5) is 8.77. The van der Waals surface area contributed by atoms with Gasteiger partial charge in [0, 0.05) is 56.9 Å². The van der Waals surface area contributed by atoms with Crippen LogP contribution in [0.5, 0.6) is 0 Å². The van der Waals surface area contributed by atoms with E-state index in [1.807, 2.05) is 0 Å². The minimum absolute atomic E-state index is 0.595. The maximum absolute atomic E-state index is 12.6. The van der Waals surface area contributed by atoms with E-state index in [1.165, 1.54) is 23.7 Å². The molecule has 1 saturated heterocycles. The fraction of sp³-hybridized carbons (Fsp3) is 0.500. The van der Waals surface area contributed by atoms with E-state index in [0.717, 1.165) is 55.0 Å². The van der Waals surface area contributed by atoms with Gasteiger partial charge < -0.3 is 14.5 Å². The molecule has 3 rings (SSSR count). The monoisotopic (exact) mass is 372 g/mol. The van der Waals surface area contributed by atoms with Gasteiger partial charge in [0.15, 0.2) is 0 Å². The van der Waals surface area contributed by atoms with E-state index >= 15 is 0 Å². The molecule has 25 heavy (non-hydrogen) atoms. The third kappa shape index (κ3) is 4.40. The van der Waals surface area contributed by atoms with E-state index in [2.05, 4.69) is 19.2 Å². The van der Waals surface area contributed by atoms with E-state index in [0.29, 0.717) is 13.0 Å². The Morgan fingerprint density at radius 1 is 1.08 bits per heavy atom. The average Bonchev–Trinajstić information content (AvgIpc) is 3.08. The highest BCUT2D eigenvalue weighted by Gasteiger charge is 2.30. The highest BCUT2D eigenvalue weighted by Crippen LogP contribution is 2.31. The number of hydrogen-bond acceptors (Lipinski definition) is 6. The van der Waals surface area contributed by atoms with E-state index in [-0.39, 0.29) is 0 Å². The van der Waals surface area contributed by atoms with E-state index < -0.39 is 11.7 Å². The number of benzene rings is 1. The van der Waals surface area contributed by atoms with Crippen molar-refractivity contribution in [3.63, 3.8) is 0 Å². The predicted molar refractivity (Wildman–Crippen MR) is 91.4 cm³/mol. The summed E-state index contributed by atoms with van der Waals surface area (Å²) in [5, 5.41) is 0.887. The molecule has 0 amide bonds. The molecule has 1 aliphatic rings. The fourth-order valence-electron chi connectivity index (χ4n) is 2.69. The van der Waals surface area contributed by atoms with Crippen molar-refractivity contribution >= 4 is 22.4 Å². The zero-order valence-electron chi connectivity index (χ0n) is 13.8. The Kier molecular flexibility index (Phi) is 5.43. The second kappa shape index (κ2) is 7.57. The smallest absolute Gasteiger partial charge is 0.384 e. The highest BCUT2D eigenvalue weighted by atomic mass is 32.1. The minimum atomic E-state index is -4.30. The number of aromatic nitrogens is 2. The van der Waals surface area contributed by atoms with E-state index in [9.17, 15) is 13.2 Å². The Morgan fingerprint density at radius 2 is 1.72 bits per heavy atom. The van der Waals surface area contributed by atoms with Gasteiger partial charge in [0.1, 0.15) is 5.82 Å². The summed E-state index contributed by atoms with van der Waals surface area (Å²) in [6.07, 6.45) is -3.60. The van der Waals surface area contributed by atoms with Crippen molar-refractivity contribution in [2.75, 3.05) is 49.7 Å². The summed E-state index contributed by atoms with van der Waals surface area (Å²) >= 11 is 1.37. The number of hydrogen-bond donors (Lipinski definition) is 0. The molecule has 0 bridgehead atoms. The SMILES string of the molecule is COCCc1nsc(N2CCN(c3ccc(C(F)(F)F)cc3)CC2)n1. The van der Waals surface area contributed by atoms with Gasteiger partial charge in [0.2, 0.25) is 5.13 Å². The minimum Gasteiger partial charge on any atom is -0.384 e. The molecule has 0 radical (unpaired) electrons. The number of ether oxygens (including phenoxy) is 1. The lowest BCUT2D eigenvalue weighted by Crippen LogP contribution is -2.46. The summed E-state index contributed by atoms with van der Waals surface area (Å²) < 4.78 is 47.3. The van der Waals surface area contributed by atoms with Crippen LogP contribution in [0, 0.1) is 0 Å². The molecule has 0 spiro atoms. The summed E-state index contributed by atoms with van der Waals surface area (Å²) in [5.41, 5.74) is 0.193.